The van der Waals surface area contributed by atoms with Gasteiger partial charge in [-0.1, -0.05) is 17.7 Å². The molecular formula is C15H11ClN2O2S2. The minimum Gasteiger partial charge on any atom is -0.199 e. The maximum absolute atomic E-state index is 12.6. The lowest BCUT2D eigenvalue weighted by Crippen LogP contribution is -2.15. The molecule has 0 saturated carbocycles. The molecule has 112 valence electrons. The number of nitrogens with zero attached hydrogens (tertiary/aromatic N) is 2. The molecule has 0 atom stereocenters. The topological polar surface area (TPSA) is 52.0 Å². The molecule has 0 aliphatic carbocycles. The van der Waals surface area contributed by atoms with Crippen molar-refractivity contribution in [1.82, 2.24) is 9.19 Å². The van der Waals surface area contributed by atoms with Gasteiger partial charge in [-0.05, 0) is 53.9 Å². The summed E-state index contributed by atoms with van der Waals surface area (Å²) in [7, 11) is -3.74. The van der Waals surface area contributed by atoms with Crippen LogP contribution in [0.2, 0.25) is 5.02 Å². The molecular weight excluding hydrogens is 340 g/mol. The minimum atomic E-state index is -3.74. The molecule has 22 heavy (non-hydrogen) atoms. The highest BCUT2D eigenvalue weighted by Gasteiger charge is 2.19. The number of thiophene rings is 1. The van der Waals surface area contributed by atoms with Gasteiger partial charge in [0.25, 0.3) is 10.0 Å². The lowest BCUT2D eigenvalue weighted by molar-refractivity contribution is 0.579. The molecule has 0 unspecified atom stereocenters. The average molecular weight is 351 g/mol. The third kappa shape index (κ3) is 2.99. The van der Waals surface area contributed by atoms with E-state index in [9.17, 15) is 8.42 Å². The molecule has 0 N–H and O–H groups in total. The quantitative estimate of drug-likeness (QED) is 0.714. The Hall–Kier alpha value is -1.89. The average Bonchev–Trinajstić information content (AvgIpc) is 3.17. The second-order valence-corrected chi connectivity index (χ2v) is 7.59. The number of benzene rings is 1. The summed E-state index contributed by atoms with van der Waals surface area (Å²) in [5, 5.41) is 6.38. The van der Waals surface area contributed by atoms with Crippen LogP contribution in [0.15, 0.2) is 58.9 Å². The Morgan fingerprint density at radius 2 is 1.86 bits per heavy atom. The van der Waals surface area contributed by atoms with Gasteiger partial charge in [0.15, 0.2) is 0 Å². The molecule has 0 aliphatic heterocycles. The van der Waals surface area contributed by atoms with E-state index in [-0.39, 0.29) is 4.90 Å². The van der Waals surface area contributed by atoms with Gasteiger partial charge in [-0.3, -0.25) is 0 Å². The van der Waals surface area contributed by atoms with Gasteiger partial charge in [-0.25, -0.2) is 0 Å². The van der Waals surface area contributed by atoms with E-state index < -0.39 is 10.0 Å². The Morgan fingerprint density at radius 1 is 1.09 bits per heavy atom. The van der Waals surface area contributed by atoms with Crippen molar-refractivity contribution in [3.63, 3.8) is 0 Å². The molecule has 4 nitrogen and oxygen atoms in total. The Morgan fingerprint density at radius 3 is 2.55 bits per heavy atom. The summed E-state index contributed by atoms with van der Waals surface area (Å²) in [5.41, 5.74) is 0.489. The van der Waals surface area contributed by atoms with Crippen LogP contribution in [-0.4, -0.2) is 17.6 Å². The van der Waals surface area contributed by atoms with Gasteiger partial charge in [0.05, 0.1) is 16.8 Å². The van der Waals surface area contributed by atoms with Crippen LogP contribution in [-0.2, 0) is 10.0 Å². The van der Waals surface area contributed by atoms with Crippen molar-refractivity contribution in [2.45, 2.75) is 4.90 Å². The van der Waals surface area contributed by atoms with Crippen molar-refractivity contribution >= 4 is 45.1 Å². The zero-order valence-corrected chi connectivity index (χ0v) is 13.6. The number of aromatic nitrogens is 2. The predicted octanol–water partition coefficient (Wildman–Crippen LogP) is 4.01. The summed E-state index contributed by atoms with van der Waals surface area (Å²) in [6.45, 7) is 0. The minimum absolute atomic E-state index is 0.145. The normalized spacial score (nSPS) is 12.0. The smallest absolute Gasteiger partial charge is 0.199 e. The Bertz CT molecular complexity index is 895. The van der Waals surface area contributed by atoms with E-state index in [1.807, 2.05) is 23.6 Å². The first kappa shape index (κ1) is 15.0. The van der Waals surface area contributed by atoms with Gasteiger partial charge in [-0.15, -0.1) is 11.3 Å². The van der Waals surface area contributed by atoms with Gasteiger partial charge in [0, 0.05) is 9.90 Å². The summed E-state index contributed by atoms with van der Waals surface area (Å²) in [4.78, 5) is 1.18. The predicted molar refractivity (Wildman–Crippen MR) is 89.5 cm³/mol. The fourth-order valence-electron chi connectivity index (χ4n) is 1.88. The van der Waals surface area contributed by atoms with Crippen LogP contribution in [0.3, 0.4) is 0 Å². The molecule has 0 aliphatic rings. The molecule has 0 radical (unpaired) electrons. The summed E-state index contributed by atoms with van der Waals surface area (Å²) in [5.74, 6) is 0. The van der Waals surface area contributed by atoms with Crippen LogP contribution in [0.1, 0.15) is 10.6 Å². The summed E-state index contributed by atoms with van der Waals surface area (Å²) < 4.78 is 26.2. The SMILES string of the molecule is O=S(=O)(c1ccc(Cl)cc1)n1nccc1C=Cc1cccs1. The Balaban J connectivity index is 1.99. The van der Waals surface area contributed by atoms with Crippen LogP contribution in [0, 0.1) is 0 Å². The lowest BCUT2D eigenvalue weighted by atomic mass is 10.3. The molecule has 0 amide bonds. The zero-order valence-electron chi connectivity index (χ0n) is 11.3. The maximum atomic E-state index is 12.6. The molecule has 2 heterocycles. The first-order chi connectivity index (χ1) is 10.6. The molecule has 0 bridgehead atoms. The molecule has 2 aromatic heterocycles. The van der Waals surface area contributed by atoms with E-state index >= 15 is 0 Å². The first-order valence-electron chi connectivity index (χ1n) is 6.34. The zero-order chi connectivity index (χ0) is 15.6. The molecule has 1 aromatic carbocycles. The van der Waals surface area contributed by atoms with Crippen LogP contribution < -0.4 is 0 Å². The fraction of sp³-hybridized carbons (Fsp3) is 0. The van der Waals surface area contributed by atoms with Crippen molar-refractivity contribution in [3.05, 3.63) is 69.6 Å². The van der Waals surface area contributed by atoms with E-state index in [1.165, 1.54) is 18.3 Å². The highest BCUT2D eigenvalue weighted by molar-refractivity contribution is 7.89. The van der Waals surface area contributed by atoms with E-state index in [0.717, 1.165) is 8.96 Å². The highest BCUT2D eigenvalue weighted by atomic mass is 35.5. The van der Waals surface area contributed by atoms with Crippen molar-refractivity contribution in [3.8, 4) is 0 Å². The van der Waals surface area contributed by atoms with E-state index in [2.05, 4.69) is 5.10 Å². The standard InChI is InChI=1S/C15H11ClN2O2S2/c16-12-3-7-15(8-4-12)22(19,20)18-13(9-10-17-18)5-6-14-2-1-11-21-14/h1-11H. The van der Waals surface area contributed by atoms with Gasteiger partial charge in [0.2, 0.25) is 0 Å². The third-order valence-electron chi connectivity index (χ3n) is 2.94. The van der Waals surface area contributed by atoms with Crippen molar-refractivity contribution in [2.75, 3.05) is 0 Å². The summed E-state index contributed by atoms with van der Waals surface area (Å²) in [6, 6.07) is 11.6. The highest BCUT2D eigenvalue weighted by Crippen LogP contribution is 2.19. The molecule has 0 fully saturated rings. The van der Waals surface area contributed by atoms with Gasteiger partial charge in [0.1, 0.15) is 0 Å². The molecule has 0 saturated heterocycles. The van der Waals surface area contributed by atoms with Crippen LogP contribution in [0.5, 0.6) is 0 Å². The van der Waals surface area contributed by atoms with E-state index in [4.69, 9.17) is 11.6 Å². The molecule has 3 aromatic rings. The van der Waals surface area contributed by atoms with Gasteiger partial charge < -0.3 is 0 Å². The third-order valence-corrected chi connectivity index (χ3v) is 5.66. The van der Waals surface area contributed by atoms with Crippen LogP contribution in [0.25, 0.3) is 12.2 Å². The van der Waals surface area contributed by atoms with Crippen molar-refractivity contribution in [1.29, 1.82) is 0 Å². The molecule has 3 rings (SSSR count). The largest absolute Gasteiger partial charge is 0.283 e. The first-order valence-corrected chi connectivity index (χ1v) is 9.04. The van der Waals surface area contributed by atoms with Crippen molar-refractivity contribution < 1.29 is 8.42 Å². The summed E-state index contributed by atoms with van der Waals surface area (Å²) >= 11 is 7.37. The van der Waals surface area contributed by atoms with Gasteiger partial charge in [-0.2, -0.15) is 17.6 Å². The molecule has 0 spiro atoms. The molecule has 7 heteroatoms. The Labute approximate surface area is 137 Å². The van der Waals surface area contributed by atoms with E-state index in [0.29, 0.717) is 10.7 Å². The second kappa shape index (κ2) is 6.08. The fourth-order valence-corrected chi connectivity index (χ4v) is 3.88. The number of rotatable bonds is 4. The van der Waals surface area contributed by atoms with Crippen LogP contribution in [0.4, 0.5) is 0 Å². The van der Waals surface area contributed by atoms with Crippen molar-refractivity contribution in [2.24, 2.45) is 0 Å². The second-order valence-electron chi connectivity index (χ2n) is 4.41. The number of hydrogen-bond acceptors (Lipinski definition) is 4. The number of hydrogen-bond donors (Lipinski definition) is 0. The Kier molecular flexibility index (Phi) is 4.15. The summed E-state index contributed by atoms with van der Waals surface area (Å²) in [6.07, 6.45) is 5.05. The lowest BCUT2D eigenvalue weighted by Gasteiger charge is -2.06. The maximum Gasteiger partial charge on any atom is 0.283 e. The monoisotopic (exact) mass is 350 g/mol. The van der Waals surface area contributed by atoms with E-state index in [1.54, 1.807) is 35.6 Å². The van der Waals surface area contributed by atoms with Gasteiger partial charge >= 0.3 is 0 Å². The number of halogens is 1. The van der Waals surface area contributed by atoms with Crippen LogP contribution >= 0.6 is 22.9 Å².